The molecule has 0 bridgehead atoms. The number of carbonyl (C=O) groups is 2. The fourth-order valence-electron chi connectivity index (χ4n) is 3.19. The summed E-state index contributed by atoms with van der Waals surface area (Å²) in [7, 11) is 0. The van der Waals surface area contributed by atoms with Crippen molar-refractivity contribution >= 4 is 34.8 Å². The molecule has 25 heavy (non-hydrogen) atoms. The van der Waals surface area contributed by atoms with Crippen molar-refractivity contribution in [2.24, 2.45) is 5.92 Å². The second kappa shape index (κ2) is 6.89. The first-order chi connectivity index (χ1) is 11.8. The Hall–Kier alpha value is -2.33. The first-order valence-corrected chi connectivity index (χ1v) is 8.67. The Morgan fingerprint density at radius 2 is 1.88 bits per heavy atom. The third kappa shape index (κ3) is 3.69. The number of nitrogens with zero attached hydrogens (tertiary/aromatic N) is 1. The van der Waals surface area contributed by atoms with Crippen LogP contribution in [0.2, 0.25) is 5.02 Å². The number of benzene rings is 2. The molecule has 1 heterocycles. The molecule has 2 aromatic rings. The molecule has 0 unspecified atom stereocenters. The molecule has 0 spiro atoms. The average molecular weight is 357 g/mol. The Morgan fingerprint density at radius 3 is 2.60 bits per heavy atom. The standard InChI is InChI=1S/C20H21ClN2O2/c1-12-4-7-18(14(3)8-12)23-11-15(9-19(23)24)20(25)22-17-10-16(21)6-5-13(17)2/h4-8,10,15H,9,11H2,1-3H3,(H,22,25)/t15-/m1/s1. The highest BCUT2D eigenvalue weighted by Crippen LogP contribution is 2.29. The fourth-order valence-corrected chi connectivity index (χ4v) is 3.36. The average Bonchev–Trinajstić information content (AvgIpc) is 2.93. The first-order valence-electron chi connectivity index (χ1n) is 8.30. The molecule has 0 radical (unpaired) electrons. The summed E-state index contributed by atoms with van der Waals surface area (Å²) in [5.41, 5.74) is 4.70. The van der Waals surface area contributed by atoms with Crippen molar-refractivity contribution < 1.29 is 9.59 Å². The van der Waals surface area contributed by atoms with E-state index in [4.69, 9.17) is 11.6 Å². The molecule has 5 heteroatoms. The van der Waals surface area contributed by atoms with Gasteiger partial charge >= 0.3 is 0 Å². The van der Waals surface area contributed by atoms with Crippen LogP contribution in [-0.2, 0) is 9.59 Å². The van der Waals surface area contributed by atoms with Crippen molar-refractivity contribution in [3.8, 4) is 0 Å². The summed E-state index contributed by atoms with van der Waals surface area (Å²) in [5, 5.41) is 3.48. The van der Waals surface area contributed by atoms with Gasteiger partial charge in [0.2, 0.25) is 11.8 Å². The summed E-state index contributed by atoms with van der Waals surface area (Å²) >= 11 is 6.00. The maximum atomic E-state index is 12.6. The first kappa shape index (κ1) is 17.5. The SMILES string of the molecule is Cc1ccc(N2C[C@H](C(=O)Nc3cc(Cl)ccc3C)CC2=O)c(C)c1. The molecule has 1 aliphatic rings. The Morgan fingerprint density at radius 1 is 1.12 bits per heavy atom. The van der Waals surface area contributed by atoms with E-state index in [9.17, 15) is 9.59 Å². The lowest BCUT2D eigenvalue weighted by Gasteiger charge is -2.19. The van der Waals surface area contributed by atoms with Crippen LogP contribution in [0.25, 0.3) is 0 Å². The van der Waals surface area contributed by atoms with Gasteiger partial charge in [0, 0.05) is 29.4 Å². The van der Waals surface area contributed by atoms with Crippen molar-refractivity contribution in [2.75, 3.05) is 16.8 Å². The number of hydrogen-bond donors (Lipinski definition) is 1. The molecule has 0 aliphatic carbocycles. The fraction of sp³-hybridized carbons (Fsp3) is 0.300. The van der Waals surface area contributed by atoms with Crippen LogP contribution >= 0.6 is 11.6 Å². The molecular weight excluding hydrogens is 336 g/mol. The van der Waals surface area contributed by atoms with E-state index < -0.39 is 0 Å². The summed E-state index contributed by atoms with van der Waals surface area (Å²) in [5.74, 6) is -0.535. The Bertz CT molecular complexity index is 848. The van der Waals surface area contributed by atoms with Gasteiger partial charge in [0.15, 0.2) is 0 Å². The number of hydrogen-bond acceptors (Lipinski definition) is 2. The molecule has 1 fully saturated rings. The van der Waals surface area contributed by atoms with Crippen LogP contribution < -0.4 is 10.2 Å². The molecule has 1 saturated heterocycles. The summed E-state index contributed by atoms with van der Waals surface area (Å²) in [6.45, 7) is 6.31. The van der Waals surface area contributed by atoms with Crippen LogP contribution in [0.4, 0.5) is 11.4 Å². The van der Waals surface area contributed by atoms with Gasteiger partial charge in [-0.1, -0.05) is 35.4 Å². The smallest absolute Gasteiger partial charge is 0.229 e. The lowest BCUT2D eigenvalue weighted by molar-refractivity contribution is -0.122. The van der Waals surface area contributed by atoms with Crippen LogP contribution in [0, 0.1) is 26.7 Å². The van der Waals surface area contributed by atoms with Gasteiger partial charge in [0.05, 0.1) is 5.92 Å². The number of carbonyl (C=O) groups excluding carboxylic acids is 2. The van der Waals surface area contributed by atoms with Gasteiger partial charge in [0.1, 0.15) is 0 Å². The van der Waals surface area contributed by atoms with Crippen LogP contribution in [0.1, 0.15) is 23.1 Å². The Labute approximate surface area is 152 Å². The third-order valence-corrected chi connectivity index (χ3v) is 4.83. The van der Waals surface area contributed by atoms with Gasteiger partial charge in [-0.05, 0) is 50.1 Å². The third-order valence-electron chi connectivity index (χ3n) is 4.60. The topological polar surface area (TPSA) is 49.4 Å². The molecule has 2 amide bonds. The summed E-state index contributed by atoms with van der Waals surface area (Å²) < 4.78 is 0. The maximum absolute atomic E-state index is 12.6. The quantitative estimate of drug-likeness (QED) is 0.893. The molecule has 0 aromatic heterocycles. The predicted molar refractivity (Wildman–Crippen MR) is 101 cm³/mol. The van der Waals surface area contributed by atoms with Gasteiger partial charge in [-0.2, -0.15) is 0 Å². The minimum absolute atomic E-state index is 0.0186. The predicted octanol–water partition coefficient (Wildman–Crippen LogP) is 4.26. The number of aryl methyl sites for hydroxylation is 3. The lowest BCUT2D eigenvalue weighted by Crippen LogP contribution is -2.28. The second-order valence-electron chi connectivity index (χ2n) is 6.64. The zero-order valence-corrected chi connectivity index (χ0v) is 15.4. The molecule has 3 rings (SSSR count). The number of rotatable bonds is 3. The summed E-state index contributed by atoms with van der Waals surface area (Å²) in [4.78, 5) is 26.7. The van der Waals surface area contributed by atoms with Crippen LogP contribution in [0.5, 0.6) is 0 Å². The van der Waals surface area contributed by atoms with E-state index in [1.54, 1.807) is 17.0 Å². The molecule has 4 nitrogen and oxygen atoms in total. The minimum atomic E-state index is -0.369. The van der Waals surface area contributed by atoms with E-state index in [0.29, 0.717) is 17.3 Å². The highest BCUT2D eigenvalue weighted by atomic mass is 35.5. The number of nitrogens with one attached hydrogen (secondary N) is 1. The molecule has 1 N–H and O–H groups in total. The Balaban J connectivity index is 1.75. The van der Waals surface area contributed by atoms with Crippen molar-refractivity contribution in [3.05, 3.63) is 58.1 Å². The normalized spacial score (nSPS) is 17.0. The van der Waals surface area contributed by atoms with Gasteiger partial charge in [0.25, 0.3) is 0 Å². The molecule has 1 aliphatic heterocycles. The van der Waals surface area contributed by atoms with Crippen LogP contribution in [0.15, 0.2) is 36.4 Å². The van der Waals surface area contributed by atoms with E-state index in [1.807, 2.05) is 45.0 Å². The minimum Gasteiger partial charge on any atom is -0.325 e. The molecule has 130 valence electrons. The van der Waals surface area contributed by atoms with Crippen molar-refractivity contribution in [1.29, 1.82) is 0 Å². The zero-order valence-electron chi connectivity index (χ0n) is 14.6. The van der Waals surface area contributed by atoms with E-state index >= 15 is 0 Å². The highest BCUT2D eigenvalue weighted by Gasteiger charge is 2.35. The largest absolute Gasteiger partial charge is 0.325 e. The van der Waals surface area contributed by atoms with E-state index in [0.717, 1.165) is 22.4 Å². The lowest BCUT2D eigenvalue weighted by atomic mass is 10.1. The van der Waals surface area contributed by atoms with Gasteiger partial charge in [-0.25, -0.2) is 0 Å². The van der Waals surface area contributed by atoms with Gasteiger partial charge in [-0.3, -0.25) is 9.59 Å². The molecule has 1 atom stereocenters. The van der Waals surface area contributed by atoms with Gasteiger partial charge < -0.3 is 10.2 Å². The van der Waals surface area contributed by atoms with E-state index in [2.05, 4.69) is 5.32 Å². The number of amides is 2. The van der Waals surface area contributed by atoms with Gasteiger partial charge in [-0.15, -0.1) is 0 Å². The summed E-state index contributed by atoms with van der Waals surface area (Å²) in [6.07, 6.45) is 0.221. The van der Waals surface area contributed by atoms with Crippen LogP contribution in [0.3, 0.4) is 0 Å². The molecule has 2 aromatic carbocycles. The molecule has 0 saturated carbocycles. The highest BCUT2D eigenvalue weighted by molar-refractivity contribution is 6.31. The summed E-state index contributed by atoms with van der Waals surface area (Å²) in [6, 6.07) is 11.4. The van der Waals surface area contributed by atoms with E-state index in [1.165, 1.54) is 0 Å². The second-order valence-corrected chi connectivity index (χ2v) is 7.08. The van der Waals surface area contributed by atoms with Crippen molar-refractivity contribution in [2.45, 2.75) is 27.2 Å². The Kier molecular flexibility index (Phi) is 4.82. The zero-order chi connectivity index (χ0) is 18.1. The van der Waals surface area contributed by atoms with Crippen LogP contribution in [-0.4, -0.2) is 18.4 Å². The van der Waals surface area contributed by atoms with Crippen molar-refractivity contribution in [1.82, 2.24) is 0 Å². The number of anilines is 2. The van der Waals surface area contributed by atoms with E-state index in [-0.39, 0.29) is 24.2 Å². The monoisotopic (exact) mass is 356 g/mol. The molecular formula is C20H21ClN2O2. The number of halogens is 1. The maximum Gasteiger partial charge on any atom is 0.229 e. The van der Waals surface area contributed by atoms with Crippen molar-refractivity contribution in [3.63, 3.8) is 0 Å².